The molecule has 1 heterocycles. The Morgan fingerprint density at radius 3 is 2.31 bits per heavy atom. The summed E-state index contributed by atoms with van der Waals surface area (Å²) in [4.78, 5) is 0. The number of aryl methyl sites for hydroxylation is 1. The van der Waals surface area contributed by atoms with Gasteiger partial charge in [0.1, 0.15) is 0 Å². The second-order valence-electron chi connectivity index (χ2n) is 10.6. The summed E-state index contributed by atoms with van der Waals surface area (Å²) < 4.78 is 2.77. The first kappa shape index (κ1) is 21.6. The highest BCUT2D eigenvalue weighted by atomic mass is 32.1. The van der Waals surface area contributed by atoms with E-state index in [0.717, 1.165) is 0 Å². The summed E-state index contributed by atoms with van der Waals surface area (Å²) in [6.45, 7) is 9.03. The maximum atomic E-state index is 2.48. The lowest BCUT2D eigenvalue weighted by Gasteiger charge is -2.22. The minimum absolute atomic E-state index is 0.0259. The second kappa shape index (κ2) is 7.66. The molecule has 0 spiro atoms. The fourth-order valence-corrected chi connectivity index (χ4v) is 7.38. The van der Waals surface area contributed by atoms with Gasteiger partial charge < -0.3 is 0 Å². The van der Waals surface area contributed by atoms with Crippen molar-refractivity contribution < 1.29 is 0 Å². The molecule has 1 heteroatoms. The average Bonchev–Trinajstić information content (AvgIpc) is 3.37. The Kier molecular flexibility index (Phi) is 4.59. The van der Waals surface area contributed by atoms with E-state index in [9.17, 15) is 0 Å². The first-order valence-corrected chi connectivity index (χ1v) is 13.5. The highest BCUT2D eigenvalue weighted by molar-refractivity contribution is 7.26. The first-order valence-electron chi connectivity index (χ1n) is 12.7. The highest BCUT2D eigenvalue weighted by Crippen LogP contribution is 2.52. The molecule has 1 aliphatic carbocycles. The summed E-state index contributed by atoms with van der Waals surface area (Å²) in [6.07, 6.45) is 4.28. The largest absolute Gasteiger partial charge is 0.135 e. The summed E-state index contributed by atoms with van der Waals surface area (Å²) in [5.41, 5.74) is 10.8. The van der Waals surface area contributed by atoms with Gasteiger partial charge in [-0.3, -0.25) is 0 Å². The lowest BCUT2D eigenvalue weighted by Crippen LogP contribution is -2.14. The maximum absolute atomic E-state index is 2.48. The van der Waals surface area contributed by atoms with E-state index in [2.05, 4.69) is 125 Å². The van der Waals surface area contributed by atoms with Crippen molar-refractivity contribution in [3.63, 3.8) is 0 Å². The molecule has 0 N–H and O–H groups in total. The normalized spacial score (nSPS) is 14.2. The third-order valence-corrected chi connectivity index (χ3v) is 9.32. The lowest BCUT2D eigenvalue weighted by molar-refractivity contribution is 0.661. The van der Waals surface area contributed by atoms with Crippen molar-refractivity contribution in [1.29, 1.82) is 0 Å². The fraction of sp³-hybridized carbons (Fsp3) is 0.143. The molecule has 0 bridgehead atoms. The van der Waals surface area contributed by atoms with Crippen LogP contribution in [0.25, 0.3) is 59.3 Å². The van der Waals surface area contributed by atoms with Crippen LogP contribution in [0.1, 0.15) is 43.0 Å². The number of benzene rings is 5. The third-order valence-electron chi connectivity index (χ3n) is 8.10. The molecule has 36 heavy (non-hydrogen) atoms. The van der Waals surface area contributed by atoms with Crippen molar-refractivity contribution in [3.8, 4) is 22.3 Å². The zero-order valence-corrected chi connectivity index (χ0v) is 22.0. The maximum Gasteiger partial charge on any atom is 0.0433 e. The molecule has 0 radical (unpaired) electrons. The van der Waals surface area contributed by atoms with Gasteiger partial charge in [0.15, 0.2) is 0 Å². The third kappa shape index (κ3) is 2.99. The van der Waals surface area contributed by atoms with Crippen molar-refractivity contribution in [2.45, 2.75) is 33.1 Å². The standard InChI is InChI=1S/C35H28S/c1-5-8-22-11-12-23(17-21(22)2)24-14-16-31-29(18-24)30-19-25-13-15-27-26-9-6-7-10-33(26)36-34(27)28(25)20-32(30)35(31,3)4/h5-20H,1-4H3/b8-5-. The van der Waals surface area contributed by atoms with Gasteiger partial charge >= 0.3 is 0 Å². The molecule has 174 valence electrons. The van der Waals surface area contributed by atoms with E-state index in [4.69, 9.17) is 0 Å². The van der Waals surface area contributed by atoms with Gasteiger partial charge in [0.05, 0.1) is 0 Å². The van der Waals surface area contributed by atoms with Gasteiger partial charge in [-0.1, -0.05) is 86.7 Å². The molecule has 6 aromatic rings. The SMILES string of the molecule is C/C=C\c1ccc(-c2ccc3c(c2)-c2cc4ccc5c6ccccc6sc5c4cc2C3(C)C)cc1C. The lowest BCUT2D eigenvalue weighted by atomic mass is 9.81. The van der Waals surface area contributed by atoms with E-state index in [1.807, 2.05) is 11.3 Å². The Balaban J connectivity index is 1.44. The molecular formula is C35H28S. The summed E-state index contributed by atoms with van der Waals surface area (Å²) in [7, 11) is 0. The van der Waals surface area contributed by atoms with Crippen LogP contribution in [-0.2, 0) is 5.41 Å². The number of hydrogen-bond acceptors (Lipinski definition) is 1. The van der Waals surface area contributed by atoms with Crippen LogP contribution >= 0.6 is 11.3 Å². The minimum atomic E-state index is -0.0259. The molecule has 1 aliphatic rings. The van der Waals surface area contributed by atoms with Gasteiger partial charge in [-0.2, -0.15) is 0 Å². The van der Waals surface area contributed by atoms with E-state index in [0.29, 0.717) is 0 Å². The van der Waals surface area contributed by atoms with Crippen LogP contribution in [0.5, 0.6) is 0 Å². The van der Waals surface area contributed by atoms with Crippen molar-refractivity contribution in [1.82, 2.24) is 0 Å². The van der Waals surface area contributed by atoms with Crippen molar-refractivity contribution in [3.05, 3.63) is 113 Å². The Morgan fingerprint density at radius 1 is 0.694 bits per heavy atom. The van der Waals surface area contributed by atoms with E-state index in [-0.39, 0.29) is 5.41 Å². The minimum Gasteiger partial charge on any atom is -0.135 e. The number of fused-ring (bicyclic) bond motifs is 8. The monoisotopic (exact) mass is 480 g/mol. The van der Waals surface area contributed by atoms with Crippen molar-refractivity contribution in [2.24, 2.45) is 0 Å². The summed E-state index contributed by atoms with van der Waals surface area (Å²) in [5, 5.41) is 5.44. The van der Waals surface area contributed by atoms with E-state index < -0.39 is 0 Å². The van der Waals surface area contributed by atoms with E-state index >= 15 is 0 Å². The molecule has 1 aromatic heterocycles. The smallest absolute Gasteiger partial charge is 0.0433 e. The molecule has 7 rings (SSSR count). The van der Waals surface area contributed by atoms with Crippen molar-refractivity contribution >= 4 is 48.4 Å². The van der Waals surface area contributed by atoms with Crippen LogP contribution in [0.15, 0.2) is 91.0 Å². The quantitative estimate of drug-likeness (QED) is 0.231. The zero-order valence-electron chi connectivity index (χ0n) is 21.1. The van der Waals surface area contributed by atoms with Gasteiger partial charge in [-0.05, 0) is 93.4 Å². The van der Waals surface area contributed by atoms with Crippen LogP contribution in [0.2, 0.25) is 0 Å². The van der Waals surface area contributed by atoms with E-state index in [1.165, 1.54) is 75.5 Å². The van der Waals surface area contributed by atoms with Crippen LogP contribution < -0.4 is 0 Å². The molecule has 0 atom stereocenters. The van der Waals surface area contributed by atoms with Gasteiger partial charge in [-0.15, -0.1) is 11.3 Å². The summed E-state index contributed by atoms with van der Waals surface area (Å²) >= 11 is 1.92. The van der Waals surface area contributed by atoms with Crippen LogP contribution in [-0.4, -0.2) is 0 Å². The molecular weight excluding hydrogens is 452 g/mol. The summed E-state index contributed by atoms with van der Waals surface area (Å²) in [6, 6.07) is 32.2. The molecule has 0 amide bonds. The Bertz CT molecular complexity index is 1880. The van der Waals surface area contributed by atoms with Gasteiger partial charge in [0.2, 0.25) is 0 Å². The predicted octanol–water partition coefficient (Wildman–Crippen LogP) is 10.5. The molecule has 0 unspecified atom stereocenters. The number of allylic oxidation sites excluding steroid dienone is 1. The zero-order chi connectivity index (χ0) is 24.6. The molecule has 0 saturated heterocycles. The highest BCUT2D eigenvalue weighted by Gasteiger charge is 2.36. The van der Waals surface area contributed by atoms with E-state index in [1.54, 1.807) is 0 Å². The van der Waals surface area contributed by atoms with Crippen LogP contribution in [0.3, 0.4) is 0 Å². The molecule has 5 aromatic carbocycles. The van der Waals surface area contributed by atoms with Gasteiger partial charge in [-0.25, -0.2) is 0 Å². The fourth-order valence-electron chi connectivity index (χ4n) is 6.15. The second-order valence-corrected chi connectivity index (χ2v) is 11.7. The van der Waals surface area contributed by atoms with Gasteiger partial charge in [0, 0.05) is 25.6 Å². The number of thiophene rings is 1. The summed E-state index contributed by atoms with van der Waals surface area (Å²) in [5.74, 6) is 0. The molecule has 0 aliphatic heterocycles. The first-order chi connectivity index (χ1) is 17.5. The Morgan fingerprint density at radius 2 is 1.47 bits per heavy atom. The van der Waals surface area contributed by atoms with Crippen molar-refractivity contribution in [2.75, 3.05) is 0 Å². The average molecular weight is 481 g/mol. The number of hydrogen-bond donors (Lipinski definition) is 0. The number of rotatable bonds is 2. The molecule has 0 fully saturated rings. The Labute approximate surface area is 216 Å². The van der Waals surface area contributed by atoms with Crippen LogP contribution in [0, 0.1) is 6.92 Å². The topological polar surface area (TPSA) is 0 Å². The molecule has 0 nitrogen and oxygen atoms in total. The Hall–Kier alpha value is -3.68. The van der Waals surface area contributed by atoms with Gasteiger partial charge in [0.25, 0.3) is 0 Å². The molecule has 0 saturated carbocycles. The predicted molar refractivity (Wildman–Crippen MR) is 159 cm³/mol. The van der Waals surface area contributed by atoms with Crippen LogP contribution in [0.4, 0.5) is 0 Å².